The minimum absolute atomic E-state index is 0. The second-order valence-electron chi connectivity index (χ2n) is 10.2. The van der Waals surface area contributed by atoms with Gasteiger partial charge in [-0.05, 0) is 54.5 Å². The Kier molecular flexibility index (Phi) is 12.0. The number of aromatic nitrogens is 3. The van der Waals surface area contributed by atoms with Crippen LogP contribution in [0.3, 0.4) is 0 Å². The van der Waals surface area contributed by atoms with Crippen LogP contribution in [0.2, 0.25) is 0 Å². The third kappa shape index (κ3) is 8.02. The Labute approximate surface area is 262 Å². The lowest BCUT2D eigenvalue weighted by Crippen LogP contribution is -3.00. The van der Waals surface area contributed by atoms with Gasteiger partial charge in [-0.2, -0.15) is 4.57 Å². The van der Waals surface area contributed by atoms with E-state index in [-0.39, 0.29) is 61.4 Å². The molecule has 0 aliphatic rings. The van der Waals surface area contributed by atoms with Crippen LogP contribution in [0.1, 0.15) is 73.0 Å². The second-order valence-corrected chi connectivity index (χ2v) is 10.2. The molecule has 0 saturated carbocycles. The number of hydrogen-bond donors (Lipinski definition) is 2. The highest BCUT2D eigenvalue weighted by atomic mass is 35.5. The highest BCUT2D eigenvalue weighted by Crippen LogP contribution is 2.28. The lowest BCUT2D eigenvalue weighted by molar-refractivity contribution is -0.688. The largest absolute Gasteiger partial charge is 1.00 e. The summed E-state index contributed by atoms with van der Waals surface area (Å²) in [5.41, 5.74) is 4.87. The average molecular weight is 622 g/mol. The van der Waals surface area contributed by atoms with Crippen molar-refractivity contribution in [3.8, 4) is 0 Å². The molecule has 4 aromatic rings. The number of H-pyrrole nitrogens is 2. The van der Waals surface area contributed by atoms with Gasteiger partial charge in [0.2, 0.25) is 5.78 Å². The summed E-state index contributed by atoms with van der Waals surface area (Å²) in [6.07, 6.45) is 4.56. The first-order valence-corrected chi connectivity index (χ1v) is 14.0. The summed E-state index contributed by atoms with van der Waals surface area (Å²) in [5.74, 6) is -1.76. The van der Waals surface area contributed by atoms with Crippen LogP contribution in [0.25, 0.3) is 0 Å². The molecule has 0 atom stereocenters. The zero-order valence-corrected chi connectivity index (χ0v) is 26.0. The van der Waals surface area contributed by atoms with E-state index >= 15 is 0 Å². The third-order valence-corrected chi connectivity index (χ3v) is 7.45. The van der Waals surface area contributed by atoms with E-state index in [4.69, 9.17) is 14.2 Å². The van der Waals surface area contributed by atoms with Gasteiger partial charge in [-0.25, -0.2) is 4.79 Å². The Morgan fingerprint density at radius 2 is 1.30 bits per heavy atom. The maximum absolute atomic E-state index is 14.2. The van der Waals surface area contributed by atoms with Crippen LogP contribution in [-0.2, 0) is 49.8 Å². The van der Waals surface area contributed by atoms with Crippen molar-refractivity contribution in [3.63, 3.8) is 0 Å². The normalized spacial score (nSPS) is 10.5. The van der Waals surface area contributed by atoms with Crippen molar-refractivity contribution in [2.75, 3.05) is 14.2 Å². The van der Waals surface area contributed by atoms with Crippen LogP contribution in [0.4, 0.5) is 0 Å². The summed E-state index contributed by atoms with van der Waals surface area (Å²) in [4.78, 5) is 57.6. The first-order valence-electron chi connectivity index (χ1n) is 14.0. The topological polar surface area (TPSA) is 131 Å². The van der Waals surface area contributed by atoms with E-state index in [1.807, 2.05) is 72.4 Å². The number of ketones is 1. The monoisotopic (exact) mass is 621 g/mol. The number of halogens is 1. The molecule has 0 aliphatic carbocycles. The van der Waals surface area contributed by atoms with Gasteiger partial charge in [0.15, 0.2) is 18.9 Å². The minimum Gasteiger partial charge on any atom is -1.00 e. The van der Waals surface area contributed by atoms with Gasteiger partial charge < -0.3 is 36.6 Å². The Morgan fingerprint density at radius 1 is 0.727 bits per heavy atom. The molecule has 4 rings (SSSR count). The highest BCUT2D eigenvalue weighted by molar-refractivity contribution is 6.10. The van der Waals surface area contributed by atoms with E-state index in [1.165, 1.54) is 14.2 Å². The van der Waals surface area contributed by atoms with Crippen LogP contribution < -0.4 is 17.0 Å². The Morgan fingerprint density at radius 3 is 1.91 bits per heavy atom. The first kappa shape index (κ1) is 33.8. The number of methoxy groups -OCH3 is 2. The number of benzene rings is 1. The Balaban J connectivity index is 0.00000529. The minimum atomic E-state index is -0.608. The molecule has 0 saturated heterocycles. The molecule has 11 heteroatoms. The smallest absolute Gasteiger partial charge is 0.355 e. The summed E-state index contributed by atoms with van der Waals surface area (Å²) < 4.78 is 17.2. The van der Waals surface area contributed by atoms with E-state index in [9.17, 15) is 19.2 Å². The highest BCUT2D eigenvalue weighted by Gasteiger charge is 2.29. The standard InChI is InChI=1S/C33H35N3O7.ClH/c1-21-24(13-15-27(37)41-3)26(19-36-17-9-6-10-18-36)34-29(21)32(39)31-25(14-16-28(38)42-4)22(2)30(35-31)33(40)43-20-23-11-7-5-8-12-23;/h5-12,17-18H,13-16,19-20H2,1-4H3,(H-,34,35,39,40);1H. The van der Waals surface area contributed by atoms with Crippen molar-refractivity contribution in [3.05, 3.63) is 112 Å². The van der Waals surface area contributed by atoms with Crippen LogP contribution in [0.5, 0.6) is 0 Å². The number of esters is 3. The number of aromatic amines is 2. The summed E-state index contributed by atoms with van der Waals surface area (Å²) >= 11 is 0. The number of hydrogen-bond acceptors (Lipinski definition) is 7. The number of carbonyl (C=O) groups excluding carboxylic acids is 4. The van der Waals surface area contributed by atoms with Crippen molar-refractivity contribution in [2.45, 2.75) is 52.7 Å². The van der Waals surface area contributed by atoms with Crippen LogP contribution in [0, 0.1) is 13.8 Å². The lowest BCUT2D eigenvalue weighted by atomic mass is 9.98. The fourth-order valence-electron chi connectivity index (χ4n) is 5.04. The molecule has 1 aromatic carbocycles. The molecule has 0 fully saturated rings. The SMILES string of the molecule is COC(=O)CCc1c(C[n+]2ccccc2)[nH]c(C(=O)c2[nH]c(C(=O)OCc3ccccc3)c(C)c2CCC(=O)OC)c1C.[Cl-]. The molecule has 2 N–H and O–H groups in total. The van der Waals surface area contributed by atoms with Gasteiger partial charge in [0.1, 0.15) is 12.3 Å². The molecule has 232 valence electrons. The fraction of sp³-hybridized carbons (Fsp3) is 0.303. The van der Waals surface area contributed by atoms with Crippen LogP contribution in [0.15, 0.2) is 60.9 Å². The predicted octanol–water partition coefficient (Wildman–Crippen LogP) is 1.10. The zero-order chi connectivity index (χ0) is 30.9. The molecule has 0 unspecified atom stereocenters. The third-order valence-electron chi connectivity index (χ3n) is 7.45. The number of nitrogens with zero attached hydrogens (tertiary/aromatic N) is 1. The van der Waals surface area contributed by atoms with Gasteiger partial charge in [-0.1, -0.05) is 36.4 Å². The van der Waals surface area contributed by atoms with E-state index in [1.54, 1.807) is 6.92 Å². The van der Waals surface area contributed by atoms with Gasteiger partial charge in [0, 0.05) is 25.0 Å². The molecular weight excluding hydrogens is 586 g/mol. The van der Waals surface area contributed by atoms with Crippen molar-refractivity contribution in [2.24, 2.45) is 0 Å². The molecule has 3 aromatic heterocycles. The number of pyridine rings is 1. The maximum atomic E-state index is 14.2. The molecule has 0 aliphatic heterocycles. The van der Waals surface area contributed by atoms with Gasteiger partial charge in [-0.3, -0.25) is 14.4 Å². The molecular formula is C33H36ClN3O7. The molecule has 3 heterocycles. The van der Waals surface area contributed by atoms with Crippen LogP contribution >= 0.6 is 0 Å². The average Bonchev–Trinajstić information content (AvgIpc) is 3.53. The lowest BCUT2D eigenvalue weighted by Gasteiger charge is -2.06. The molecule has 0 spiro atoms. The number of ether oxygens (including phenoxy) is 3. The molecule has 44 heavy (non-hydrogen) atoms. The number of nitrogens with one attached hydrogen (secondary N) is 2. The molecule has 10 nitrogen and oxygen atoms in total. The number of rotatable bonds is 13. The maximum Gasteiger partial charge on any atom is 0.355 e. The molecule has 0 amide bonds. The second kappa shape index (κ2) is 15.7. The molecule has 0 bridgehead atoms. The summed E-state index contributed by atoms with van der Waals surface area (Å²) in [5, 5.41) is 0. The quantitative estimate of drug-likeness (QED) is 0.0989. The van der Waals surface area contributed by atoms with E-state index in [0.717, 1.165) is 16.8 Å². The number of carbonyl (C=O) groups is 4. The summed E-state index contributed by atoms with van der Waals surface area (Å²) in [7, 11) is 2.64. The Hall–Kier alpha value is -4.70. The van der Waals surface area contributed by atoms with E-state index < -0.39 is 11.9 Å². The van der Waals surface area contributed by atoms with Crippen molar-refractivity contribution >= 4 is 23.7 Å². The van der Waals surface area contributed by atoms with Crippen molar-refractivity contribution < 1.29 is 50.4 Å². The Bertz CT molecular complexity index is 1610. The fourth-order valence-corrected chi connectivity index (χ4v) is 5.04. The van der Waals surface area contributed by atoms with Gasteiger partial charge in [0.25, 0.3) is 0 Å². The predicted molar refractivity (Wildman–Crippen MR) is 156 cm³/mol. The van der Waals surface area contributed by atoms with Crippen molar-refractivity contribution in [1.29, 1.82) is 0 Å². The summed E-state index contributed by atoms with van der Waals surface area (Å²) in [6.45, 7) is 4.06. The van der Waals surface area contributed by atoms with Crippen LogP contribution in [-0.4, -0.2) is 47.9 Å². The first-order chi connectivity index (χ1) is 20.7. The van der Waals surface area contributed by atoms with Gasteiger partial charge >= 0.3 is 17.9 Å². The summed E-state index contributed by atoms with van der Waals surface area (Å²) in [6, 6.07) is 15.0. The van der Waals surface area contributed by atoms with Gasteiger partial charge in [0.05, 0.1) is 31.3 Å². The van der Waals surface area contributed by atoms with E-state index in [0.29, 0.717) is 35.3 Å². The van der Waals surface area contributed by atoms with Gasteiger partial charge in [-0.15, -0.1) is 0 Å². The molecule has 0 radical (unpaired) electrons. The van der Waals surface area contributed by atoms with Crippen molar-refractivity contribution in [1.82, 2.24) is 9.97 Å². The zero-order valence-electron chi connectivity index (χ0n) is 25.2. The van der Waals surface area contributed by atoms with E-state index in [2.05, 4.69) is 9.97 Å².